The number of hydrazone groups is 1. The van der Waals surface area contributed by atoms with Crippen molar-refractivity contribution in [3.05, 3.63) is 48.0 Å². The molecule has 0 saturated heterocycles. The maximum absolute atomic E-state index is 11.9. The van der Waals surface area contributed by atoms with Crippen LogP contribution in [0.15, 0.2) is 47.6 Å². The molecule has 1 N–H and O–H groups in total. The van der Waals surface area contributed by atoms with Crippen LogP contribution in [0.1, 0.15) is 36.5 Å². The fraction of sp³-hybridized carbons (Fsp3) is 0.444. The van der Waals surface area contributed by atoms with Gasteiger partial charge in [-0.25, -0.2) is 5.43 Å². The first-order valence-electron chi connectivity index (χ1n) is 7.83. The molecule has 0 heterocycles. The van der Waals surface area contributed by atoms with Crippen molar-refractivity contribution in [2.75, 3.05) is 0 Å². The molecule has 0 spiro atoms. The summed E-state index contributed by atoms with van der Waals surface area (Å²) in [7, 11) is -1.24. The summed E-state index contributed by atoms with van der Waals surface area (Å²) in [6.45, 7) is 13.4. The molecular weight excluding hydrogens is 288 g/mol. The molecule has 4 heteroatoms. The van der Waals surface area contributed by atoms with E-state index in [1.54, 1.807) is 12.1 Å². The van der Waals surface area contributed by atoms with Crippen LogP contribution in [-0.2, 0) is 0 Å². The van der Waals surface area contributed by atoms with Crippen LogP contribution in [0.3, 0.4) is 0 Å². The van der Waals surface area contributed by atoms with Crippen LogP contribution in [0.5, 0.6) is 0 Å². The molecule has 1 atom stereocenters. The minimum absolute atomic E-state index is 0.157. The number of rotatable bonds is 6. The molecule has 0 radical (unpaired) electrons. The van der Waals surface area contributed by atoms with E-state index in [1.165, 1.54) is 12.0 Å². The normalized spacial score (nSPS) is 21.6. The Morgan fingerprint density at radius 2 is 1.91 bits per heavy atom. The third-order valence-electron chi connectivity index (χ3n) is 4.80. The quantitative estimate of drug-likeness (QED) is 0.354. The number of hydrogen-bond acceptors (Lipinski definition) is 2. The molecule has 1 unspecified atom stereocenters. The fourth-order valence-electron chi connectivity index (χ4n) is 3.01. The van der Waals surface area contributed by atoms with Crippen LogP contribution >= 0.6 is 0 Å². The molecule has 1 aliphatic carbocycles. The monoisotopic (exact) mass is 314 g/mol. The van der Waals surface area contributed by atoms with E-state index < -0.39 is 8.07 Å². The minimum atomic E-state index is -1.24. The van der Waals surface area contributed by atoms with Crippen molar-refractivity contribution in [3.8, 4) is 0 Å². The Hall–Kier alpha value is -1.68. The van der Waals surface area contributed by atoms with E-state index in [4.69, 9.17) is 0 Å². The van der Waals surface area contributed by atoms with E-state index >= 15 is 0 Å². The smallest absolute Gasteiger partial charge is 0.267 e. The lowest BCUT2D eigenvalue weighted by molar-refractivity contribution is 0.0954. The van der Waals surface area contributed by atoms with Crippen molar-refractivity contribution >= 4 is 19.7 Å². The summed E-state index contributed by atoms with van der Waals surface area (Å²) >= 11 is 0. The second-order valence-electron chi connectivity index (χ2n) is 7.27. The van der Waals surface area contributed by atoms with Crippen molar-refractivity contribution < 1.29 is 4.79 Å². The molecule has 1 aliphatic rings. The van der Waals surface area contributed by atoms with Gasteiger partial charge in [0.1, 0.15) is 0 Å². The summed E-state index contributed by atoms with van der Waals surface area (Å²) in [6.07, 6.45) is 3.20. The van der Waals surface area contributed by atoms with Crippen molar-refractivity contribution in [2.45, 2.75) is 50.9 Å². The Bertz CT molecular complexity index is 601. The van der Waals surface area contributed by atoms with E-state index in [9.17, 15) is 4.79 Å². The molecule has 118 valence electrons. The van der Waals surface area contributed by atoms with Gasteiger partial charge >= 0.3 is 0 Å². The second-order valence-corrected chi connectivity index (χ2v) is 12.7. The van der Waals surface area contributed by atoms with Crippen LogP contribution in [-0.4, -0.2) is 19.7 Å². The number of benzene rings is 1. The van der Waals surface area contributed by atoms with Crippen molar-refractivity contribution in [2.24, 2.45) is 5.10 Å². The summed E-state index contributed by atoms with van der Waals surface area (Å²) in [5.74, 6) is -0.157. The highest BCUT2D eigenvalue weighted by Gasteiger charge is 2.55. The SMILES string of the molecule is C=C1CC1(CC/C(C)=N/NC(=O)c1ccccc1)[Si](C)(C)C. The van der Waals surface area contributed by atoms with Crippen LogP contribution in [0.4, 0.5) is 0 Å². The molecule has 1 fully saturated rings. The summed E-state index contributed by atoms with van der Waals surface area (Å²) < 4.78 is 0. The van der Waals surface area contributed by atoms with Gasteiger partial charge in [-0.3, -0.25) is 4.79 Å². The first-order chi connectivity index (χ1) is 10.3. The van der Waals surface area contributed by atoms with Crippen LogP contribution < -0.4 is 5.43 Å². The van der Waals surface area contributed by atoms with Crippen molar-refractivity contribution in [1.29, 1.82) is 0 Å². The topological polar surface area (TPSA) is 41.5 Å². The zero-order valence-corrected chi connectivity index (χ0v) is 15.1. The second kappa shape index (κ2) is 6.21. The number of nitrogens with zero attached hydrogens (tertiary/aromatic N) is 1. The molecule has 1 saturated carbocycles. The van der Waals surface area contributed by atoms with Crippen LogP contribution in [0, 0.1) is 0 Å². The van der Waals surface area contributed by atoms with Gasteiger partial charge in [-0.15, -0.1) is 0 Å². The van der Waals surface area contributed by atoms with Gasteiger partial charge in [0, 0.05) is 11.3 Å². The lowest BCUT2D eigenvalue weighted by Crippen LogP contribution is -2.30. The molecule has 1 aromatic rings. The predicted molar refractivity (Wildman–Crippen MR) is 96.0 cm³/mol. The molecular formula is C18H26N2OSi. The van der Waals surface area contributed by atoms with Gasteiger partial charge in [0.15, 0.2) is 0 Å². The van der Waals surface area contributed by atoms with Crippen molar-refractivity contribution in [1.82, 2.24) is 5.43 Å². The standard InChI is InChI=1S/C18H26N2OSi/c1-14-13-18(14,22(3,4)5)12-11-15(2)19-20-17(21)16-9-7-6-8-10-16/h6-10H,1,11-13H2,2-5H3,(H,20,21)/b19-15+. The zero-order valence-electron chi connectivity index (χ0n) is 14.1. The number of nitrogens with one attached hydrogen (secondary N) is 1. The summed E-state index contributed by atoms with van der Waals surface area (Å²) in [4.78, 5) is 11.9. The maximum atomic E-state index is 11.9. The highest BCUT2D eigenvalue weighted by Crippen LogP contribution is 2.67. The molecule has 1 amide bonds. The van der Waals surface area contributed by atoms with E-state index in [-0.39, 0.29) is 5.91 Å². The van der Waals surface area contributed by atoms with E-state index in [0.29, 0.717) is 10.6 Å². The first-order valence-corrected chi connectivity index (χ1v) is 11.3. The lowest BCUT2D eigenvalue weighted by atomic mass is 10.1. The fourth-order valence-corrected chi connectivity index (χ4v) is 5.69. The third kappa shape index (κ3) is 3.55. The number of hydrogen-bond donors (Lipinski definition) is 1. The molecule has 3 nitrogen and oxygen atoms in total. The van der Waals surface area contributed by atoms with E-state index in [2.05, 4.69) is 36.7 Å². The number of carbonyl (C=O) groups is 1. The molecule has 0 aromatic heterocycles. The predicted octanol–water partition coefficient (Wildman–Crippen LogP) is 4.61. The molecule has 2 rings (SSSR count). The third-order valence-corrected chi connectivity index (χ3v) is 8.45. The average Bonchev–Trinajstić information content (AvgIpc) is 3.15. The summed E-state index contributed by atoms with van der Waals surface area (Å²) in [5, 5.41) is 4.62. The van der Waals surface area contributed by atoms with Crippen molar-refractivity contribution in [3.63, 3.8) is 0 Å². The van der Waals surface area contributed by atoms with E-state index in [1.807, 2.05) is 25.1 Å². The molecule has 22 heavy (non-hydrogen) atoms. The minimum Gasteiger partial charge on any atom is -0.267 e. The molecule has 0 bridgehead atoms. The van der Waals surface area contributed by atoms with Crippen LogP contribution in [0.2, 0.25) is 24.7 Å². The lowest BCUT2D eigenvalue weighted by Gasteiger charge is -2.28. The Morgan fingerprint density at radius 1 is 1.32 bits per heavy atom. The number of allylic oxidation sites excluding steroid dienone is 1. The number of carbonyl (C=O) groups excluding carboxylic acids is 1. The Morgan fingerprint density at radius 3 is 2.41 bits per heavy atom. The van der Waals surface area contributed by atoms with E-state index in [0.717, 1.165) is 18.6 Å². The summed E-state index contributed by atoms with van der Waals surface area (Å²) in [6, 6.07) is 9.16. The van der Waals surface area contributed by atoms with Gasteiger partial charge in [0.05, 0.1) is 8.07 Å². The largest absolute Gasteiger partial charge is 0.271 e. The Labute approximate surface area is 134 Å². The summed E-state index contributed by atoms with van der Waals surface area (Å²) in [5.41, 5.74) is 5.66. The van der Waals surface area contributed by atoms with Crippen LogP contribution in [0.25, 0.3) is 0 Å². The first kappa shape index (κ1) is 16.7. The molecule has 0 aliphatic heterocycles. The Kier molecular flexibility index (Phi) is 4.71. The van der Waals surface area contributed by atoms with Gasteiger partial charge in [-0.1, -0.05) is 50.0 Å². The van der Waals surface area contributed by atoms with Gasteiger partial charge in [0.25, 0.3) is 5.91 Å². The van der Waals surface area contributed by atoms with Gasteiger partial charge < -0.3 is 0 Å². The maximum Gasteiger partial charge on any atom is 0.271 e. The number of amides is 1. The highest BCUT2D eigenvalue weighted by molar-refractivity contribution is 6.81. The van der Waals surface area contributed by atoms with Gasteiger partial charge in [0.2, 0.25) is 0 Å². The Balaban J connectivity index is 1.89. The van der Waals surface area contributed by atoms with Gasteiger partial charge in [-0.2, -0.15) is 5.10 Å². The average molecular weight is 315 g/mol. The van der Waals surface area contributed by atoms with Gasteiger partial charge in [-0.05, 0) is 43.4 Å². The molecule has 1 aromatic carbocycles. The zero-order chi connectivity index (χ0) is 16.4. The highest BCUT2D eigenvalue weighted by atomic mass is 28.3.